The second-order valence-electron chi connectivity index (χ2n) is 1.34. The Bertz CT molecular complexity index is 213. The Morgan fingerprint density at radius 2 is 0.500 bits per heavy atom. The van der Waals surface area contributed by atoms with Gasteiger partial charge in [0.25, 0.3) is 0 Å². The van der Waals surface area contributed by atoms with E-state index in [1.54, 1.807) is 0 Å². The van der Waals surface area contributed by atoms with Gasteiger partial charge in [-0.1, -0.05) is 0 Å². The SMILES string of the molecule is O=P([O-])([O-])[O-].O=P([O-])([O-])[O-].O=P([O-])([O-])[O-].[Al+3].[Ge].[Ti+4]. The Labute approximate surface area is 137 Å². The van der Waals surface area contributed by atoms with E-state index in [0.29, 0.717) is 0 Å². The summed E-state index contributed by atoms with van der Waals surface area (Å²) in [5.74, 6) is 0. The molecule has 0 aromatic rings. The van der Waals surface area contributed by atoms with E-state index in [1.165, 1.54) is 0 Å². The molecule has 4 radical (unpaired) electrons. The van der Waals surface area contributed by atoms with E-state index in [1.807, 2.05) is 0 Å². The van der Waals surface area contributed by atoms with Gasteiger partial charge in [0.15, 0.2) is 0 Å². The smallest absolute Gasteiger partial charge is 0.822 e. The molecule has 0 saturated heterocycles. The van der Waals surface area contributed by atoms with Gasteiger partial charge in [-0.2, -0.15) is 23.5 Å². The third kappa shape index (κ3) is 1180. The zero-order valence-corrected chi connectivity index (χ0v) is 15.3. The van der Waals surface area contributed by atoms with Gasteiger partial charge < -0.3 is 57.7 Å². The minimum Gasteiger partial charge on any atom is -0.822 e. The van der Waals surface area contributed by atoms with Crippen LogP contribution in [0.5, 0.6) is 0 Å². The molecule has 0 spiro atoms. The van der Waals surface area contributed by atoms with E-state index in [4.69, 9.17) is 57.7 Å². The average molecular weight is 432 g/mol. The van der Waals surface area contributed by atoms with Crippen molar-refractivity contribution in [3.05, 3.63) is 0 Å². The van der Waals surface area contributed by atoms with Crippen molar-refractivity contribution in [2.45, 2.75) is 0 Å². The maximum atomic E-state index is 8.55. The van der Waals surface area contributed by atoms with Crippen LogP contribution in [-0.4, -0.2) is 35.0 Å². The van der Waals surface area contributed by atoms with E-state index in [9.17, 15) is 0 Å². The number of phosphoric acid groups is 3. The topological polar surface area (TPSA) is 259 Å². The van der Waals surface area contributed by atoms with Crippen molar-refractivity contribution in [2.24, 2.45) is 0 Å². The van der Waals surface area contributed by atoms with Crippen LogP contribution in [0.4, 0.5) is 0 Å². The molecule has 0 bridgehead atoms. The third-order valence-electron chi connectivity index (χ3n) is 0. The molecule has 0 aromatic carbocycles. The molecule has 0 rings (SSSR count). The van der Waals surface area contributed by atoms with E-state index in [-0.39, 0.29) is 56.7 Å². The van der Waals surface area contributed by atoms with Gasteiger partial charge in [-0.05, 0) is 0 Å². The van der Waals surface area contributed by atoms with Gasteiger partial charge in [-0.3, -0.25) is 0 Å². The summed E-state index contributed by atoms with van der Waals surface area (Å²) in [6.45, 7) is 0. The van der Waals surface area contributed by atoms with Crippen LogP contribution in [0.1, 0.15) is 0 Å². The summed E-state index contributed by atoms with van der Waals surface area (Å²) in [5, 5.41) is 0. The molecule has 0 saturated carbocycles. The molecule has 0 N–H and O–H groups in total. The number of rotatable bonds is 0. The monoisotopic (exact) mass is 434 g/mol. The van der Waals surface area contributed by atoms with Crippen LogP contribution in [0.3, 0.4) is 0 Å². The van der Waals surface area contributed by atoms with E-state index >= 15 is 0 Å². The minimum absolute atomic E-state index is 0. The number of hydrogen-bond donors (Lipinski definition) is 0. The zero-order valence-electron chi connectivity index (χ0n) is 7.82. The molecule has 0 unspecified atom stereocenters. The van der Waals surface area contributed by atoms with Crippen LogP contribution in [-0.2, 0) is 35.4 Å². The van der Waals surface area contributed by atoms with E-state index < -0.39 is 23.5 Å². The van der Waals surface area contributed by atoms with Crippen molar-refractivity contribution in [1.29, 1.82) is 0 Å². The van der Waals surface area contributed by atoms with Crippen LogP contribution in [0.2, 0.25) is 0 Å². The van der Waals surface area contributed by atoms with Crippen molar-refractivity contribution in [3.8, 4) is 0 Å². The summed E-state index contributed by atoms with van der Waals surface area (Å²) >= 11 is 0. The van der Waals surface area contributed by atoms with Crippen LogP contribution in [0, 0.1) is 0 Å². The molecule has 0 aliphatic carbocycles. The van der Waals surface area contributed by atoms with Crippen molar-refractivity contribution >= 4 is 58.4 Å². The van der Waals surface area contributed by atoms with Crippen LogP contribution >= 0.6 is 23.5 Å². The molecule has 0 fully saturated rings. The summed E-state index contributed by atoms with van der Waals surface area (Å²) in [6.07, 6.45) is 0. The molecular weight excluding hydrogens is 432 g/mol. The van der Waals surface area contributed by atoms with Gasteiger partial charge in [0.05, 0.1) is 0 Å². The van der Waals surface area contributed by atoms with Crippen molar-refractivity contribution in [2.75, 3.05) is 0 Å². The molecule has 0 aliphatic heterocycles. The summed E-state index contributed by atoms with van der Waals surface area (Å²) < 4.78 is 25.6. The standard InChI is InChI=1S/Al.Ge.3H3O4P.Ti/c;;3*1-5(2,3)4;/h;;3*(H3,1,2,3,4);/q+3;;;;;+4/p-9. The molecule has 0 amide bonds. The van der Waals surface area contributed by atoms with Crippen LogP contribution in [0.15, 0.2) is 0 Å². The van der Waals surface area contributed by atoms with Crippen LogP contribution < -0.4 is 44.0 Å². The van der Waals surface area contributed by atoms with E-state index in [2.05, 4.69) is 0 Å². The van der Waals surface area contributed by atoms with Crippen LogP contribution in [0.25, 0.3) is 0 Å². The molecular formula is AlGeO12P3Ti-2. The summed E-state index contributed by atoms with van der Waals surface area (Å²) in [7, 11) is -16.2. The molecule has 18 heteroatoms. The van der Waals surface area contributed by atoms with Gasteiger partial charge in [-0.25, -0.2) is 0 Å². The normalized spacial score (nSPS) is 9.83. The molecule has 0 aliphatic rings. The maximum absolute atomic E-state index is 8.55. The summed E-state index contributed by atoms with van der Waals surface area (Å²) in [5.41, 5.74) is 0. The molecule has 18 heavy (non-hydrogen) atoms. The zero-order chi connectivity index (χ0) is 13.5. The van der Waals surface area contributed by atoms with Crippen molar-refractivity contribution < 1.29 is 79.5 Å². The summed E-state index contributed by atoms with van der Waals surface area (Å²) in [4.78, 5) is 76.9. The fraction of sp³-hybridized carbons (Fsp3) is 0. The Kier molecular flexibility index (Phi) is 31.8. The Balaban J connectivity index is -0.0000000277. The Morgan fingerprint density at radius 3 is 0.500 bits per heavy atom. The Morgan fingerprint density at radius 1 is 0.500 bits per heavy atom. The fourth-order valence-electron chi connectivity index (χ4n) is 0. The first kappa shape index (κ1) is 36.9. The maximum Gasteiger partial charge on any atom is 4.00 e. The fourth-order valence-corrected chi connectivity index (χ4v) is 0. The van der Waals surface area contributed by atoms with Gasteiger partial charge in [-0.15, -0.1) is 0 Å². The largest absolute Gasteiger partial charge is 4.00 e. The quantitative estimate of drug-likeness (QED) is 0.255. The van der Waals surface area contributed by atoms with Crippen molar-refractivity contribution in [3.63, 3.8) is 0 Å². The second-order valence-corrected chi connectivity index (χ2v) is 4.02. The van der Waals surface area contributed by atoms with Gasteiger partial charge >= 0.3 is 39.1 Å². The minimum atomic E-state index is -5.39. The third-order valence-corrected chi connectivity index (χ3v) is 0. The predicted octanol–water partition coefficient (Wildman–Crippen LogP) is -9.24. The predicted molar refractivity (Wildman–Crippen MR) is 34.3 cm³/mol. The first-order valence-electron chi connectivity index (χ1n) is 2.19. The molecule has 0 atom stereocenters. The molecule has 12 nitrogen and oxygen atoms in total. The van der Waals surface area contributed by atoms with Gasteiger partial charge in [0.2, 0.25) is 0 Å². The van der Waals surface area contributed by atoms with Gasteiger partial charge in [0.1, 0.15) is 0 Å². The number of hydrogen-bond acceptors (Lipinski definition) is 12. The molecule has 100 valence electrons. The van der Waals surface area contributed by atoms with Crippen molar-refractivity contribution in [1.82, 2.24) is 0 Å². The summed E-state index contributed by atoms with van der Waals surface area (Å²) in [6, 6.07) is 0. The average Bonchev–Trinajstić information content (AvgIpc) is 1.41. The van der Waals surface area contributed by atoms with Gasteiger partial charge in [0, 0.05) is 17.6 Å². The first-order valence-corrected chi connectivity index (χ1v) is 6.57. The second kappa shape index (κ2) is 15.5. The first-order chi connectivity index (χ1) is 6.00. The Hall–Kier alpha value is 2.12. The van der Waals surface area contributed by atoms with E-state index in [0.717, 1.165) is 0 Å². The molecule has 0 aromatic heterocycles. The molecule has 0 heterocycles.